The Kier molecular flexibility index (Phi) is 7.34. The van der Waals surface area contributed by atoms with Crippen molar-refractivity contribution in [1.29, 1.82) is 5.26 Å². The molecule has 6 rings (SSSR count). The molecular formula is C31H27ClF2N6O3. The van der Waals surface area contributed by atoms with E-state index in [9.17, 15) is 28.4 Å². The van der Waals surface area contributed by atoms with Gasteiger partial charge in [-0.2, -0.15) is 5.26 Å². The van der Waals surface area contributed by atoms with Crippen LogP contribution in [0.1, 0.15) is 67.2 Å². The van der Waals surface area contributed by atoms with Gasteiger partial charge in [-0.3, -0.25) is 19.3 Å². The minimum atomic E-state index is -2.90. The molecule has 1 aliphatic heterocycles. The minimum absolute atomic E-state index is 0.0495. The van der Waals surface area contributed by atoms with Crippen LogP contribution in [0, 0.1) is 11.3 Å². The number of anilines is 2. The number of nitrogens with one attached hydrogen (secondary N) is 2. The fourth-order valence-electron chi connectivity index (χ4n) is 6.07. The topological polar surface area (TPSA) is 128 Å². The van der Waals surface area contributed by atoms with Crippen LogP contribution in [-0.2, 0) is 14.4 Å². The van der Waals surface area contributed by atoms with Crippen molar-refractivity contribution in [2.75, 3.05) is 10.2 Å². The molecule has 1 aromatic heterocycles. The summed E-state index contributed by atoms with van der Waals surface area (Å²) in [5.41, 5.74) is -0.265. The van der Waals surface area contributed by atoms with Gasteiger partial charge in [-0.05, 0) is 60.6 Å². The first kappa shape index (κ1) is 28.7. The summed E-state index contributed by atoms with van der Waals surface area (Å²) in [6, 6.07) is 16.2. The first-order valence-corrected chi connectivity index (χ1v) is 14.4. The number of rotatable bonds is 8. The Morgan fingerprint density at radius 3 is 2.58 bits per heavy atom. The van der Waals surface area contributed by atoms with Crippen molar-refractivity contribution in [2.45, 2.75) is 67.9 Å². The second-order valence-corrected chi connectivity index (χ2v) is 11.7. The number of aromatic nitrogens is 2. The summed E-state index contributed by atoms with van der Waals surface area (Å²) in [7, 11) is 0. The first-order valence-electron chi connectivity index (χ1n) is 14.0. The second-order valence-electron chi connectivity index (χ2n) is 11.3. The zero-order valence-corrected chi connectivity index (χ0v) is 23.7. The van der Waals surface area contributed by atoms with Crippen LogP contribution in [0.2, 0.25) is 5.02 Å². The molecule has 0 radical (unpaired) electrons. The molecule has 3 aliphatic rings. The Morgan fingerprint density at radius 1 is 1.12 bits per heavy atom. The van der Waals surface area contributed by atoms with Gasteiger partial charge in [-0.15, -0.1) is 0 Å². The van der Waals surface area contributed by atoms with E-state index in [2.05, 4.69) is 20.6 Å². The van der Waals surface area contributed by atoms with E-state index in [0.717, 1.165) is 23.3 Å². The van der Waals surface area contributed by atoms with Gasteiger partial charge >= 0.3 is 0 Å². The van der Waals surface area contributed by atoms with Crippen molar-refractivity contribution >= 4 is 41.0 Å². The molecule has 3 fully saturated rings. The molecule has 220 valence electrons. The molecule has 2 N–H and O–H groups in total. The Morgan fingerprint density at radius 2 is 1.88 bits per heavy atom. The Bertz CT molecular complexity index is 1650. The lowest BCUT2D eigenvalue weighted by molar-refractivity contribution is -0.136. The standard InChI is InChI=1S/C31H27ClF2N6O3/c32-24-7-2-1-6-23(24)26(27(42)37-22-15-30(33,34)16-22)31(28(43)38-20-5-3-4-19(14-20)18-8-9-18)12-10-25(41)40(31)29-36-13-11-21(17-35)39-29/h1-7,11,13-14,18,22,26H,8-10,12,15-16H2,(H,37,42)(H,38,43)/t26-,31?/m1/s1. The van der Waals surface area contributed by atoms with E-state index < -0.39 is 54.0 Å². The van der Waals surface area contributed by atoms with Gasteiger partial charge in [0.05, 0.1) is 5.92 Å². The molecule has 3 amide bonds. The normalized spacial score (nSPS) is 21.9. The molecule has 2 saturated carbocycles. The Hall–Kier alpha value is -4.43. The van der Waals surface area contributed by atoms with Crippen LogP contribution < -0.4 is 15.5 Å². The van der Waals surface area contributed by atoms with Crippen molar-refractivity contribution in [1.82, 2.24) is 15.3 Å². The summed E-state index contributed by atoms with van der Waals surface area (Å²) in [4.78, 5) is 52.0. The van der Waals surface area contributed by atoms with E-state index in [1.165, 1.54) is 12.3 Å². The summed E-state index contributed by atoms with van der Waals surface area (Å²) in [6.45, 7) is 0. The number of alkyl halides is 2. The van der Waals surface area contributed by atoms with E-state index in [1.54, 1.807) is 30.3 Å². The highest BCUT2D eigenvalue weighted by Crippen LogP contribution is 2.48. The fourth-order valence-corrected chi connectivity index (χ4v) is 6.32. The summed E-state index contributed by atoms with van der Waals surface area (Å²) < 4.78 is 27.5. The van der Waals surface area contributed by atoms with Gasteiger partial charge < -0.3 is 10.6 Å². The van der Waals surface area contributed by atoms with Gasteiger partial charge in [0.25, 0.3) is 11.8 Å². The summed E-state index contributed by atoms with van der Waals surface area (Å²) in [5, 5.41) is 15.2. The van der Waals surface area contributed by atoms with Crippen molar-refractivity contribution in [3.63, 3.8) is 0 Å². The lowest BCUT2D eigenvalue weighted by atomic mass is 9.75. The van der Waals surface area contributed by atoms with E-state index in [0.29, 0.717) is 11.6 Å². The number of hydrogen-bond donors (Lipinski definition) is 2. The maximum absolute atomic E-state index is 14.7. The van der Waals surface area contributed by atoms with E-state index in [1.807, 2.05) is 24.3 Å². The second kappa shape index (κ2) is 11.0. The maximum atomic E-state index is 14.7. The number of carbonyl (C=O) groups excluding carboxylic acids is 3. The van der Waals surface area contributed by atoms with Gasteiger partial charge in [0.2, 0.25) is 17.8 Å². The monoisotopic (exact) mass is 604 g/mol. The third-order valence-electron chi connectivity index (χ3n) is 8.30. The first-order chi connectivity index (χ1) is 20.6. The smallest absolute Gasteiger partial charge is 0.252 e. The molecule has 2 aromatic carbocycles. The number of amides is 3. The van der Waals surface area contributed by atoms with Crippen LogP contribution >= 0.6 is 11.6 Å². The SMILES string of the molecule is N#Cc1ccnc(N2C(=O)CCC2(C(=O)Nc2cccc(C3CC3)c2)[C@@H](C(=O)NC2CC(F)(F)C2)c2ccccc2Cl)n1. The van der Waals surface area contributed by atoms with E-state index >= 15 is 0 Å². The average molecular weight is 605 g/mol. The predicted octanol–water partition coefficient (Wildman–Crippen LogP) is 5.08. The van der Waals surface area contributed by atoms with Crippen LogP contribution in [0.15, 0.2) is 60.8 Å². The molecule has 0 spiro atoms. The lowest BCUT2D eigenvalue weighted by Crippen LogP contribution is -2.63. The molecule has 12 heteroatoms. The Labute approximate surface area is 251 Å². The summed E-state index contributed by atoms with van der Waals surface area (Å²) >= 11 is 6.63. The number of hydrogen-bond acceptors (Lipinski definition) is 6. The predicted molar refractivity (Wildman–Crippen MR) is 154 cm³/mol. The highest BCUT2D eigenvalue weighted by molar-refractivity contribution is 6.32. The minimum Gasteiger partial charge on any atom is -0.352 e. The highest BCUT2D eigenvalue weighted by atomic mass is 35.5. The van der Waals surface area contributed by atoms with Gasteiger partial charge in [0, 0.05) is 42.2 Å². The van der Waals surface area contributed by atoms with Gasteiger partial charge in [0.15, 0.2) is 0 Å². The maximum Gasteiger partial charge on any atom is 0.252 e. The number of nitriles is 1. The molecule has 3 aromatic rings. The van der Waals surface area contributed by atoms with Crippen molar-refractivity contribution in [3.8, 4) is 6.07 Å². The van der Waals surface area contributed by atoms with Crippen LogP contribution in [0.3, 0.4) is 0 Å². The van der Waals surface area contributed by atoms with E-state index in [4.69, 9.17) is 11.6 Å². The van der Waals surface area contributed by atoms with Crippen molar-refractivity contribution < 1.29 is 23.2 Å². The van der Waals surface area contributed by atoms with Gasteiger partial charge in [-0.25, -0.2) is 18.7 Å². The summed E-state index contributed by atoms with van der Waals surface area (Å²) in [5.74, 6) is -6.16. The molecule has 9 nitrogen and oxygen atoms in total. The van der Waals surface area contributed by atoms with Gasteiger partial charge in [-0.1, -0.05) is 41.9 Å². The average Bonchev–Trinajstić information content (AvgIpc) is 3.76. The number of carbonyl (C=O) groups is 3. The molecule has 0 bridgehead atoms. The molecule has 2 atom stereocenters. The summed E-state index contributed by atoms with van der Waals surface area (Å²) in [6.07, 6.45) is 2.01. The molecular weight excluding hydrogens is 578 g/mol. The van der Waals surface area contributed by atoms with Crippen LogP contribution in [0.25, 0.3) is 0 Å². The van der Waals surface area contributed by atoms with Crippen molar-refractivity contribution in [2.24, 2.45) is 0 Å². The quantitative estimate of drug-likeness (QED) is 0.369. The van der Waals surface area contributed by atoms with Gasteiger partial charge in [0.1, 0.15) is 17.3 Å². The number of nitrogens with zero attached hydrogens (tertiary/aromatic N) is 4. The Balaban J connectivity index is 1.50. The lowest BCUT2D eigenvalue weighted by Gasteiger charge is -2.43. The number of benzene rings is 2. The molecule has 1 unspecified atom stereocenters. The molecule has 2 aliphatic carbocycles. The fraction of sp³-hybridized carbons (Fsp3) is 0.355. The van der Waals surface area contributed by atoms with Crippen LogP contribution in [-0.4, -0.2) is 45.2 Å². The largest absolute Gasteiger partial charge is 0.352 e. The number of halogens is 3. The molecule has 43 heavy (non-hydrogen) atoms. The van der Waals surface area contributed by atoms with Crippen molar-refractivity contribution in [3.05, 3.63) is 82.6 Å². The molecule has 2 heterocycles. The van der Waals surface area contributed by atoms with Crippen LogP contribution in [0.4, 0.5) is 20.4 Å². The zero-order valence-electron chi connectivity index (χ0n) is 22.9. The third-order valence-corrected chi connectivity index (χ3v) is 8.65. The zero-order chi connectivity index (χ0) is 30.4. The van der Waals surface area contributed by atoms with Crippen LogP contribution in [0.5, 0.6) is 0 Å². The van der Waals surface area contributed by atoms with E-state index in [-0.39, 0.29) is 35.1 Å². The highest BCUT2D eigenvalue weighted by Gasteiger charge is 2.61. The molecule has 1 saturated heterocycles. The third kappa shape index (κ3) is 5.43.